The van der Waals surface area contributed by atoms with Crippen molar-refractivity contribution in [2.24, 2.45) is 16.7 Å². The van der Waals surface area contributed by atoms with Gasteiger partial charge in [-0.3, -0.25) is 0 Å². The lowest BCUT2D eigenvalue weighted by Gasteiger charge is -2.61. The van der Waals surface area contributed by atoms with E-state index in [0.29, 0.717) is 5.92 Å². The summed E-state index contributed by atoms with van der Waals surface area (Å²) in [4.78, 5) is 0. The molecule has 3 fully saturated rings. The fraction of sp³-hybridized carbons (Fsp3) is 0.909. The topological polar surface area (TPSA) is 27.7 Å². The summed E-state index contributed by atoms with van der Waals surface area (Å²) in [5.74, 6) is 0.160. The molecule has 4 heteroatoms. The van der Waals surface area contributed by atoms with Crippen LogP contribution in [0.1, 0.15) is 66.7 Å². The molecule has 2 saturated carbocycles. The Hall–Kier alpha value is -0.163. The molecule has 2 aliphatic carbocycles. The maximum atomic E-state index is 6.83. The van der Waals surface area contributed by atoms with Crippen LogP contribution in [-0.4, -0.2) is 33.9 Å². The highest BCUT2D eigenvalue weighted by atomic mass is 28.4. The zero-order valence-electron chi connectivity index (χ0n) is 17.8. The largest absolute Gasteiger partial charge is 0.416 e. The van der Waals surface area contributed by atoms with Crippen molar-refractivity contribution in [3.8, 4) is 0 Å². The molecule has 3 aliphatic rings. The maximum Gasteiger partial charge on any atom is 0.192 e. The van der Waals surface area contributed by atoms with Gasteiger partial charge in [-0.25, -0.2) is 0 Å². The molecule has 26 heavy (non-hydrogen) atoms. The molecule has 0 amide bonds. The minimum absolute atomic E-state index is 0.0352. The Morgan fingerprint density at radius 2 is 1.69 bits per heavy atom. The van der Waals surface area contributed by atoms with Crippen LogP contribution in [0.4, 0.5) is 0 Å². The summed E-state index contributed by atoms with van der Waals surface area (Å²) in [5, 5.41) is 0. The van der Waals surface area contributed by atoms with E-state index in [0.717, 1.165) is 39.1 Å². The summed E-state index contributed by atoms with van der Waals surface area (Å²) >= 11 is 0. The third kappa shape index (κ3) is 2.96. The lowest BCUT2D eigenvalue weighted by molar-refractivity contribution is -0.287. The van der Waals surface area contributed by atoms with Gasteiger partial charge in [0.15, 0.2) is 14.1 Å². The molecule has 0 unspecified atom stereocenters. The van der Waals surface area contributed by atoms with Gasteiger partial charge in [0.1, 0.15) is 0 Å². The van der Waals surface area contributed by atoms with Gasteiger partial charge in [0, 0.05) is 23.9 Å². The van der Waals surface area contributed by atoms with Crippen LogP contribution in [0.5, 0.6) is 0 Å². The monoisotopic (exact) mass is 380 g/mol. The Balaban J connectivity index is 1.89. The van der Waals surface area contributed by atoms with Crippen molar-refractivity contribution >= 4 is 8.32 Å². The molecule has 1 spiro atoms. The predicted octanol–water partition coefficient (Wildman–Crippen LogP) is 5.91. The molecule has 0 N–H and O–H groups in total. The number of ether oxygens (including phenoxy) is 2. The molecule has 1 aliphatic heterocycles. The van der Waals surface area contributed by atoms with Gasteiger partial charge in [0.25, 0.3) is 0 Å². The van der Waals surface area contributed by atoms with Crippen LogP contribution in [0.2, 0.25) is 18.1 Å². The number of hydrogen-bond donors (Lipinski definition) is 0. The standard InChI is InChI=1S/C22H40O3Si/c1-7-26(8-2,9-3)25-17-20(5)18(4)12-14-21(6)19(20)11-10-13-22(21)23-15-16-24-22/h19H,4,7-17H2,1-3,5-6H3/t19-,20+,21-/m0/s1. The summed E-state index contributed by atoms with van der Waals surface area (Å²) in [6, 6.07) is 3.63. The van der Waals surface area contributed by atoms with Gasteiger partial charge >= 0.3 is 0 Å². The van der Waals surface area contributed by atoms with Crippen LogP contribution < -0.4 is 0 Å². The first-order chi connectivity index (χ1) is 12.3. The van der Waals surface area contributed by atoms with Crippen LogP contribution in [-0.2, 0) is 13.9 Å². The molecule has 0 aromatic carbocycles. The van der Waals surface area contributed by atoms with Gasteiger partial charge < -0.3 is 13.9 Å². The zero-order valence-corrected chi connectivity index (χ0v) is 18.8. The van der Waals surface area contributed by atoms with E-state index in [2.05, 4.69) is 41.2 Å². The molecule has 1 heterocycles. The van der Waals surface area contributed by atoms with E-state index < -0.39 is 8.32 Å². The molecule has 3 atom stereocenters. The molecular weight excluding hydrogens is 340 g/mol. The van der Waals surface area contributed by atoms with Crippen LogP contribution in [0.3, 0.4) is 0 Å². The van der Waals surface area contributed by atoms with Crippen LogP contribution >= 0.6 is 0 Å². The summed E-state index contributed by atoms with van der Waals surface area (Å²) in [7, 11) is -1.60. The number of hydrogen-bond acceptors (Lipinski definition) is 3. The maximum absolute atomic E-state index is 6.83. The fourth-order valence-corrected chi connectivity index (χ4v) is 8.95. The van der Waals surface area contributed by atoms with E-state index in [4.69, 9.17) is 13.9 Å². The van der Waals surface area contributed by atoms with Crippen molar-refractivity contribution in [1.29, 1.82) is 0 Å². The number of fused-ring (bicyclic) bond motifs is 2. The highest BCUT2D eigenvalue weighted by molar-refractivity contribution is 6.73. The average Bonchev–Trinajstić information content (AvgIpc) is 3.13. The van der Waals surface area contributed by atoms with Gasteiger partial charge in [-0.15, -0.1) is 0 Å². The SMILES string of the molecule is C=C1CC[C@@]2(C)[C@@H](CCCC23OCCO3)[C@]1(C)CO[Si](CC)(CC)CC. The summed E-state index contributed by atoms with van der Waals surface area (Å²) in [5.41, 5.74) is 1.49. The van der Waals surface area contributed by atoms with E-state index in [-0.39, 0.29) is 16.6 Å². The highest BCUT2D eigenvalue weighted by Crippen LogP contribution is 2.64. The minimum atomic E-state index is -1.60. The Morgan fingerprint density at radius 3 is 2.27 bits per heavy atom. The Bertz CT molecular complexity index is 515. The predicted molar refractivity (Wildman–Crippen MR) is 110 cm³/mol. The van der Waals surface area contributed by atoms with E-state index in [1.165, 1.54) is 36.5 Å². The van der Waals surface area contributed by atoms with Crippen molar-refractivity contribution in [1.82, 2.24) is 0 Å². The third-order valence-corrected chi connectivity index (χ3v) is 13.1. The number of rotatable bonds is 6. The van der Waals surface area contributed by atoms with Crippen molar-refractivity contribution in [2.45, 2.75) is 90.6 Å². The van der Waals surface area contributed by atoms with Gasteiger partial charge in [-0.2, -0.15) is 0 Å². The van der Waals surface area contributed by atoms with Gasteiger partial charge in [0.05, 0.1) is 13.2 Å². The molecule has 150 valence electrons. The first-order valence-electron chi connectivity index (χ1n) is 10.9. The van der Waals surface area contributed by atoms with Gasteiger partial charge in [-0.1, -0.05) is 46.8 Å². The Morgan fingerprint density at radius 1 is 1.08 bits per heavy atom. The van der Waals surface area contributed by atoms with Gasteiger partial charge in [0.2, 0.25) is 0 Å². The van der Waals surface area contributed by atoms with Crippen molar-refractivity contribution < 1.29 is 13.9 Å². The molecular formula is C22H40O3Si. The molecule has 3 rings (SSSR count). The average molecular weight is 381 g/mol. The first-order valence-corrected chi connectivity index (χ1v) is 13.4. The van der Waals surface area contributed by atoms with Crippen LogP contribution in [0, 0.1) is 16.7 Å². The second kappa shape index (κ2) is 7.34. The van der Waals surface area contributed by atoms with E-state index >= 15 is 0 Å². The summed E-state index contributed by atoms with van der Waals surface area (Å²) < 4.78 is 19.4. The highest BCUT2D eigenvalue weighted by Gasteiger charge is 2.64. The third-order valence-electron chi connectivity index (χ3n) is 8.53. The quantitative estimate of drug-likeness (QED) is 0.423. The summed E-state index contributed by atoms with van der Waals surface area (Å²) in [6.45, 7) is 18.7. The van der Waals surface area contributed by atoms with E-state index in [9.17, 15) is 0 Å². The lowest BCUT2D eigenvalue weighted by atomic mass is 9.48. The second-order valence-electron chi connectivity index (χ2n) is 9.37. The van der Waals surface area contributed by atoms with Crippen molar-refractivity contribution in [3.05, 3.63) is 12.2 Å². The molecule has 0 aromatic rings. The lowest BCUT2D eigenvalue weighted by Crippen LogP contribution is -2.61. The minimum Gasteiger partial charge on any atom is -0.416 e. The smallest absolute Gasteiger partial charge is 0.192 e. The fourth-order valence-electron chi connectivity index (χ4n) is 6.23. The Labute approximate surface area is 162 Å². The molecule has 0 bridgehead atoms. The molecule has 0 aromatic heterocycles. The van der Waals surface area contributed by atoms with E-state index in [1.807, 2.05) is 0 Å². The van der Waals surface area contributed by atoms with Crippen molar-refractivity contribution in [3.63, 3.8) is 0 Å². The molecule has 0 radical (unpaired) electrons. The van der Waals surface area contributed by atoms with Crippen LogP contribution in [0.15, 0.2) is 12.2 Å². The summed E-state index contributed by atoms with van der Waals surface area (Å²) in [6.07, 6.45) is 5.66. The normalized spacial score (nSPS) is 37.1. The first kappa shape index (κ1) is 20.6. The second-order valence-corrected chi connectivity index (χ2v) is 14.1. The molecule has 3 nitrogen and oxygen atoms in total. The molecule has 1 saturated heterocycles. The van der Waals surface area contributed by atoms with Gasteiger partial charge in [-0.05, 0) is 49.7 Å². The Kier molecular flexibility index (Phi) is 5.81. The van der Waals surface area contributed by atoms with Crippen molar-refractivity contribution in [2.75, 3.05) is 19.8 Å². The van der Waals surface area contributed by atoms with E-state index in [1.54, 1.807) is 0 Å². The van der Waals surface area contributed by atoms with Crippen LogP contribution in [0.25, 0.3) is 0 Å². The zero-order chi connectivity index (χ0) is 19.1.